The molecule has 0 aromatic carbocycles. The van der Waals surface area contributed by atoms with E-state index in [1.807, 2.05) is 0 Å². The molecule has 0 saturated heterocycles. The Labute approximate surface area is 172 Å². The van der Waals surface area contributed by atoms with E-state index in [1.165, 1.54) is 29.1 Å². The van der Waals surface area contributed by atoms with Gasteiger partial charge in [0.25, 0.3) is 12.0 Å². The summed E-state index contributed by atoms with van der Waals surface area (Å²) in [5.74, 6) is -0.432. The van der Waals surface area contributed by atoms with Crippen molar-refractivity contribution < 1.29 is 17.9 Å². The number of hydrogen-bond donors (Lipinski definition) is 1. The molecule has 31 heavy (non-hydrogen) atoms. The number of halogens is 3. The molecule has 4 heterocycles. The number of aryl methyl sites for hydroxylation is 1. The van der Waals surface area contributed by atoms with Crippen LogP contribution in [0.3, 0.4) is 0 Å². The molecular weight excluding hydrogens is 415 g/mol. The first-order chi connectivity index (χ1) is 14.9. The highest BCUT2D eigenvalue weighted by Crippen LogP contribution is 2.20. The minimum absolute atomic E-state index is 0.0123. The van der Waals surface area contributed by atoms with E-state index in [2.05, 4.69) is 30.5 Å². The molecule has 4 aromatic rings. The van der Waals surface area contributed by atoms with Gasteiger partial charge in [-0.3, -0.25) is 4.79 Å². The van der Waals surface area contributed by atoms with Crippen molar-refractivity contribution in [2.75, 3.05) is 0 Å². The number of nitrogens with one attached hydrogen (secondary N) is 1. The summed E-state index contributed by atoms with van der Waals surface area (Å²) < 4.78 is 45.9. The first-order valence-corrected chi connectivity index (χ1v) is 8.93. The van der Waals surface area contributed by atoms with Gasteiger partial charge in [0.2, 0.25) is 5.88 Å². The van der Waals surface area contributed by atoms with Crippen LogP contribution in [0.2, 0.25) is 0 Å². The van der Waals surface area contributed by atoms with Gasteiger partial charge in [-0.2, -0.15) is 4.68 Å². The number of pyridine rings is 2. The highest BCUT2D eigenvalue weighted by atomic mass is 19.3. The molecule has 4 rings (SSSR count). The van der Waals surface area contributed by atoms with E-state index in [9.17, 15) is 18.0 Å². The quantitative estimate of drug-likeness (QED) is 0.502. The van der Waals surface area contributed by atoms with Gasteiger partial charge in [-0.1, -0.05) is 5.21 Å². The molecule has 0 bridgehead atoms. The van der Waals surface area contributed by atoms with Crippen LogP contribution in [0.5, 0.6) is 5.88 Å². The molecule has 0 radical (unpaired) electrons. The average Bonchev–Trinajstić information content (AvgIpc) is 3.15. The molecule has 12 heteroatoms. The second kappa shape index (κ2) is 8.34. The third-order valence-corrected chi connectivity index (χ3v) is 4.35. The molecule has 0 saturated carbocycles. The monoisotopic (exact) mass is 429 g/mol. The van der Waals surface area contributed by atoms with E-state index in [-0.39, 0.29) is 18.1 Å². The SMILES string of the molecule is Cc1nnn(-c2ccc(C(F)F)cn2)c1COc1ccc(-c2c[nH]c(=O)c(F)c2)nn1. The van der Waals surface area contributed by atoms with Gasteiger partial charge in [-0.25, -0.2) is 18.2 Å². The fourth-order valence-electron chi connectivity index (χ4n) is 2.68. The summed E-state index contributed by atoms with van der Waals surface area (Å²) >= 11 is 0. The lowest BCUT2D eigenvalue weighted by molar-refractivity contribution is 0.151. The summed E-state index contributed by atoms with van der Waals surface area (Å²) in [5, 5.41) is 15.9. The number of H-pyrrole nitrogens is 1. The Morgan fingerprint density at radius 1 is 1.16 bits per heavy atom. The maximum Gasteiger partial charge on any atom is 0.283 e. The van der Waals surface area contributed by atoms with Crippen molar-refractivity contribution in [3.63, 3.8) is 0 Å². The number of hydrogen-bond acceptors (Lipinski definition) is 7. The van der Waals surface area contributed by atoms with Crippen LogP contribution in [0.4, 0.5) is 13.2 Å². The van der Waals surface area contributed by atoms with Gasteiger partial charge in [0.1, 0.15) is 12.3 Å². The minimum atomic E-state index is -2.61. The van der Waals surface area contributed by atoms with Crippen molar-refractivity contribution >= 4 is 0 Å². The summed E-state index contributed by atoms with van der Waals surface area (Å²) in [4.78, 5) is 17.4. The van der Waals surface area contributed by atoms with Crippen molar-refractivity contribution in [1.82, 2.24) is 35.2 Å². The van der Waals surface area contributed by atoms with Gasteiger partial charge in [-0.15, -0.1) is 15.3 Å². The van der Waals surface area contributed by atoms with E-state index < -0.39 is 17.8 Å². The van der Waals surface area contributed by atoms with Crippen molar-refractivity contribution in [2.45, 2.75) is 20.0 Å². The van der Waals surface area contributed by atoms with Crippen molar-refractivity contribution in [2.24, 2.45) is 0 Å². The van der Waals surface area contributed by atoms with Crippen LogP contribution in [-0.2, 0) is 6.61 Å². The third-order valence-electron chi connectivity index (χ3n) is 4.35. The molecule has 0 aliphatic rings. The van der Waals surface area contributed by atoms with E-state index in [0.29, 0.717) is 28.5 Å². The Morgan fingerprint density at radius 3 is 2.65 bits per heavy atom. The molecule has 4 aromatic heterocycles. The summed E-state index contributed by atoms with van der Waals surface area (Å²) in [6.45, 7) is 1.73. The Hall–Kier alpha value is -4.09. The van der Waals surface area contributed by atoms with Gasteiger partial charge in [0.05, 0.1) is 11.4 Å². The van der Waals surface area contributed by atoms with E-state index in [1.54, 1.807) is 13.0 Å². The number of aromatic nitrogens is 7. The lowest BCUT2D eigenvalue weighted by Crippen LogP contribution is -2.10. The highest BCUT2D eigenvalue weighted by molar-refractivity contribution is 5.57. The van der Waals surface area contributed by atoms with E-state index in [0.717, 1.165) is 12.3 Å². The largest absolute Gasteiger partial charge is 0.470 e. The smallest absolute Gasteiger partial charge is 0.283 e. The molecular formula is C19H14F3N7O2. The number of rotatable bonds is 6. The van der Waals surface area contributed by atoms with Crippen LogP contribution in [0, 0.1) is 12.7 Å². The Bertz CT molecular complexity index is 1250. The third kappa shape index (κ3) is 4.27. The van der Waals surface area contributed by atoms with Crippen LogP contribution in [-0.4, -0.2) is 35.2 Å². The molecule has 0 atom stereocenters. The zero-order chi connectivity index (χ0) is 22.0. The molecule has 0 aliphatic heterocycles. The fraction of sp³-hybridized carbons (Fsp3) is 0.158. The van der Waals surface area contributed by atoms with Gasteiger partial charge < -0.3 is 9.72 Å². The predicted molar refractivity (Wildman–Crippen MR) is 101 cm³/mol. The van der Waals surface area contributed by atoms with E-state index >= 15 is 0 Å². The van der Waals surface area contributed by atoms with Gasteiger partial charge in [0.15, 0.2) is 11.6 Å². The average molecular weight is 429 g/mol. The number of ether oxygens (including phenoxy) is 1. The van der Waals surface area contributed by atoms with Crippen LogP contribution in [0.25, 0.3) is 17.1 Å². The minimum Gasteiger partial charge on any atom is -0.470 e. The Morgan fingerprint density at radius 2 is 2.00 bits per heavy atom. The number of alkyl halides is 2. The van der Waals surface area contributed by atoms with Gasteiger partial charge in [0, 0.05) is 29.6 Å². The summed E-state index contributed by atoms with van der Waals surface area (Å²) in [6, 6.07) is 6.83. The normalized spacial score (nSPS) is 11.1. The van der Waals surface area contributed by atoms with E-state index in [4.69, 9.17) is 4.74 Å². The highest BCUT2D eigenvalue weighted by Gasteiger charge is 2.15. The zero-order valence-electron chi connectivity index (χ0n) is 16.0. The first-order valence-electron chi connectivity index (χ1n) is 8.93. The lowest BCUT2D eigenvalue weighted by Gasteiger charge is -2.09. The van der Waals surface area contributed by atoms with Crippen LogP contribution >= 0.6 is 0 Å². The van der Waals surface area contributed by atoms with Crippen LogP contribution in [0.15, 0.2) is 47.5 Å². The predicted octanol–water partition coefficient (Wildman–Crippen LogP) is 2.77. The molecule has 0 aliphatic carbocycles. The second-order valence-corrected chi connectivity index (χ2v) is 6.39. The fourth-order valence-corrected chi connectivity index (χ4v) is 2.68. The van der Waals surface area contributed by atoms with Crippen molar-refractivity contribution in [3.05, 3.63) is 75.8 Å². The second-order valence-electron chi connectivity index (χ2n) is 6.39. The molecule has 0 fully saturated rings. The molecule has 158 valence electrons. The Kier molecular flexibility index (Phi) is 5.43. The molecule has 1 N–H and O–H groups in total. The summed E-state index contributed by atoms with van der Waals surface area (Å²) in [5.41, 5.74) is 0.784. The maximum absolute atomic E-state index is 13.4. The number of aromatic amines is 1. The zero-order valence-corrected chi connectivity index (χ0v) is 16.0. The first kappa shape index (κ1) is 20.2. The summed E-state index contributed by atoms with van der Waals surface area (Å²) in [7, 11) is 0. The molecule has 9 nitrogen and oxygen atoms in total. The van der Waals surface area contributed by atoms with Crippen LogP contribution in [0.1, 0.15) is 23.4 Å². The van der Waals surface area contributed by atoms with Gasteiger partial charge >= 0.3 is 0 Å². The molecule has 0 spiro atoms. The summed E-state index contributed by atoms with van der Waals surface area (Å²) in [6.07, 6.45) is -0.211. The van der Waals surface area contributed by atoms with Crippen molar-refractivity contribution in [1.29, 1.82) is 0 Å². The molecule has 0 unspecified atom stereocenters. The maximum atomic E-state index is 13.4. The van der Waals surface area contributed by atoms with Crippen molar-refractivity contribution in [3.8, 4) is 23.0 Å². The topological polar surface area (TPSA) is 111 Å². The standard InChI is InChI=1S/C19H14F3N7O2/c1-10-15(29(28-25-10)16-4-2-11(7-23-16)18(21)22)9-31-17-5-3-14(26-27-17)12-6-13(20)19(30)24-8-12/h2-8,18H,9H2,1H3,(H,24,30). The lowest BCUT2D eigenvalue weighted by atomic mass is 10.2. The molecule has 0 amide bonds. The Balaban J connectivity index is 1.50. The van der Waals surface area contributed by atoms with Crippen LogP contribution < -0.4 is 10.3 Å². The van der Waals surface area contributed by atoms with Gasteiger partial charge in [-0.05, 0) is 31.2 Å². The number of nitrogens with zero attached hydrogens (tertiary/aromatic N) is 6.